The van der Waals surface area contributed by atoms with E-state index in [9.17, 15) is 9.90 Å². The maximum absolute atomic E-state index is 11.2. The molecular weight excluding hydrogens is 321 g/mol. The van der Waals surface area contributed by atoms with E-state index in [-0.39, 0.29) is 29.6 Å². The van der Waals surface area contributed by atoms with Gasteiger partial charge in [-0.1, -0.05) is 95.8 Å². The van der Waals surface area contributed by atoms with Crippen LogP contribution in [0.4, 0.5) is 5.69 Å². The first-order chi connectivity index (χ1) is 11.7. The van der Waals surface area contributed by atoms with E-state index >= 15 is 0 Å². The van der Waals surface area contributed by atoms with Crippen molar-refractivity contribution in [2.75, 3.05) is 5.32 Å². The molecule has 1 N–H and O–H groups in total. The van der Waals surface area contributed by atoms with E-state index < -0.39 is 12.0 Å². The van der Waals surface area contributed by atoms with Gasteiger partial charge in [0.2, 0.25) is 0 Å². The van der Waals surface area contributed by atoms with Crippen molar-refractivity contribution in [2.24, 2.45) is 0 Å². The first-order valence-corrected chi connectivity index (χ1v) is 9.76. The van der Waals surface area contributed by atoms with Gasteiger partial charge in [-0.2, -0.15) is 0 Å². The monoisotopic (exact) mass is 355 g/mol. The Morgan fingerprint density at radius 3 is 1.84 bits per heavy atom. The minimum Gasteiger partial charge on any atom is -0.548 e. The van der Waals surface area contributed by atoms with E-state index in [2.05, 4.69) is 12.2 Å². The second kappa shape index (κ2) is 16.9. The molecule has 0 fully saturated rings. The van der Waals surface area contributed by atoms with Crippen molar-refractivity contribution >= 4 is 11.7 Å². The number of aliphatic carboxylic acids is 1. The molecule has 0 saturated carbocycles. The Balaban J connectivity index is 0.00000576. The van der Waals surface area contributed by atoms with E-state index in [0.717, 1.165) is 18.5 Å². The maximum Gasteiger partial charge on any atom is 1.00 e. The summed E-state index contributed by atoms with van der Waals surface area (Å²) in [6, 6.07) is 8.90. The summed E-state index contributed by atoms with van der Waals surface area (Å²) in [5.74, 6) is -1.01. The minimum atomic E-state index is -1.01. The summed E-state index contributed by atoms with van der Waals surface area (Å²) in [5, 5.41) is 14.3. The zero-order valence-electron chi connectivity index (χ0n) is 16.3. The molecule has 0 bridgehead atoms. The van der Waals surface area contributed by atoms with Gasteiger partial charge in [-0.15, -0.1) is 0 Å². The Hall–Kier alpha value is -0.510. The van der Waals surface area contributed by atoms with E-state index in [0.29, 0.717) is 6.42 Å². The molecule has 1 rings (SSSR count). The Kier molecular flexibility index (Phi) is 16.6. The van der Waals surface area contributed by atoms with Crippen LogP contribution < -0.4 is 40.0 Å². The number of carbonyl (C=O) groups excluding carboxylic acids is 1. The fraction of sp³-hybridized carbons (Fsp3) is 0.667. The molecule has 0 aromatic heterocycles. The number of anilines is 1. The summed E-state index contributed by atoms with van der Waals surface area (Å²) in [6.45, 7) is 2.25. The van der Waals surface area contributed by atoms with Crippen molar-refractivity contribution in [3.8, 4) is 0 Å². The molecule has 0 heterocycles. The van der Waals surface area contributed by atoms with E-state index in [1.165, 1.54) is 57.8 Å². The molecule has 1 aromatic rings. The maximum atomic E-state index is 11.2. The Bertz CT molecular complexity index is 425. The molecule has 0 radical (unpaired) electrons. The molecule has 25 heavy (non-hydrogen) atoms. The van der Waals surface area contributed by atoms with Crippen LogP contribution in [0.5, 0.6) is 0 Å². The van der Waals surface area contributed by atoms with Gasteiger partial charge in [0.05, 0.1) is 12.0 Å². The van der Waals surface area contributed by atoms with Gasteiger partial charge in [0, 0.05) is 5.69 Å². The topological polar surface area (TPSA) is 52.2 Å². The molecule has 0 aliphatic rings. The van der Waals surface area contributed by atoms with Gasteiger partial charge in [0.25, 0.3) is 0 Å². The molecule has 1 aromatic carbocycles. The van der Waals surface area contributed by atoms with E-state index in [1.54, 1.807) is 0 Å². The molecule has 4 heteroatoms. The second-order valence-corrected chi connectivity index (χ2v) is 6.71. The Morgan fingerprint density at radius 2 is 1.36 bits per heavy atom. The SMILES string of the molecule is CCCCCCCCCCCCCC(Nc1ccccc1)C(=O)[O-].[Na+]. The van der Waals surface area contributed by atoms with Crippen LogP contribution in [-0.2, 0) is 4.79 Å². The van der Waals surface area contributed by atoms with Gasteiger partial charge in [-0.05, 0) is 18.6 Å². The smallest absolute Gasteiger partial charge is 0.548 e. The fourth-order valence-corrected chi connectivity index (χ4v) is 3.00. The van der Waals surface area contributed by atoms with Crippen molar-refractivity contribution in [3.63, 3.8) is 0 Å². The van der Waals surface area contributed by atoms with Crippen LogP contribution in [0.15, 0.2) is 30.3 Å². The van der Waals surface area contributed by atoms with Crippen molar-refractivity contribution in [1.82, 2.24) is 0 Å². The predicted octanol–water partition coefficient (Wildman–Crippen LogP) is 1.92. The molecule has 0 aliphatic carbocycles. The second-order valence-electron chi connectivity index (χ2n) is 6.71. The molecule has 3 nitrogen and oxygen atoms in total. The number of carboxylic acid groups (broad SMARTS) is 1. The number of hydrogen-bond acceptors (Lipinski definition) is 3. The van der Waals surface area contributed by atoms with Crippen molar-refractivity contribution < 1.29 is 39.5 Å². The number of unbranched alkanes of at least 4 members (excludes halogenated alkanes) is 10. The average molecular weight is 355 g/mol. The number of hydrogen-bond donors (Lipinski definition) is 1. The largest absolute Gasteiger partial charge is 1.00 e. The number of carboxylic acids is 1. The zero-order chi connectivity index (χ0) is 17.5. The van der Waals surface area contributed by atoms with Crippen molar-refractivity contribution in [1.29, 1.82) is 0 Å². The number of carbonyl (C=O) groups is 1. The number of nitrogens with one attached hydrogen (secondary N) is 1. The normalized spacial score (nSPS) is 11.6. The van der Waals surface area contributed by atoms with Gasteiger partial charge in [-0.3, -0.25) is 0 Å². The number of rotatable bonds is 15. The standard InChI is InChI=1S/C21H35NO2.Na/c1-2-3-4-5-6-7-8-9-10-11-15-18-20(21(23)24)22-19-16-13-12-14-17-19;/h12-14,16-17,20,22H,2-11,15,18H2,1H3,(H,23,24);/q;+1/p-1. The zero-order valence-corrected chi connectivity index (χ0v) is 18.3. The summed E-state index contributed by atoms with van der Waals surface area (Å²) in [4.78, 5) is 11.2. The average Bonchev–Trinajstić information content (AvgIpc) is 2.59. The summed E-state index contributed by atoms with van der Waals surface area (Å²) in [5.41, 5.74) is 0.842. The van der Waals surface area contributed by atoms with Crippen molar-refractivity contribution in [3.05, 3.63) is 30.3 Å². The Morgan fingerprint density at radius 1 is 0.880 bits per heavy atom. The molecule has 136 valence electrons. The third-order valence-electron chi connectivity index (χ3n) is 4.50. The molecule has 1 atom stereocenters. The first-order valence-electron chi connectivity index (χ1n) is 9.76. The molecular formula is C21H34NNaO2. The minimum absolute atomic E-state index is 0. The van der Waals surface area contributed by atoms with Gasteiger partial charge in [-0.25, -0.2) is 0 Å². The molecule has 0 spiro atoms. The van der Waals surface area contributed by atoms with Crippen LogP contribution >= 0.6 is 0 Å². The van der Waals surface area contributed by atoms with E-state index in [4.69, 9.17) is 0 Å². The van der Waals surface area contributed by atoms with Crippen LogP contribution in [0.25, 0.3) is 0 Å². The third-order valence-corrected chi connectivity index (χ3v) is 4.50. The van der Waals surface area contributed by atoms with Crippen LogP contribution in [0.2, 0.25) is 0 Å². The summed E-state index contributed by atoms with van der Waals surface area (Å²) in [6.07, 6.45) is 14.6. The molecule has 0 amide bonds. The van der Waals surface area contributed by atoms with Crippen molar-refractivity contribution in [2.45, 2.75) is 90.0 Å². The summed E-state index contributed by atoms with van der Waals surface area (Å²) < 4.78 is 0. The van der Waals surface area contributed by atoms with Gasteiger partial charge in [0.15, 0.2) is 0 Å². The summed E-state index contributed by atoms with van der Waals surface area (Å²) in [7, 11) is 0. The first kappa shape index (κ1) is 24.5. The van der Waals surface area contributed by atoms with Gasteiger partial charge >= 0.3 is 29.6 Å². The fourth-order valence-electron chi connectivity index (χ4n) is 3.00. The van der Waals surface area contributed by atoms with Crippen LogP contribution in [0, 0.1) is 0 Å². The van der Waals surface area contributed by atoms with Crippen LogP contribution in [-0.4, -0.2) is 12.0 Å². The summed E-state index contributed by atoms with van der Waals surface area (Å²) >= 11 is 0. The van der Waals surface area contributed by atoms with E-state index in [1.807, 2.05) is 30.3 Å². The van der Waals surface area contributed by atoms with Crippen LogP contribution in [0.1, 0.15) is 84.0 Å². The molecule has 1 unspecified atom stereocenters. The number of benzene rings is 1. The quantitative estimate of drug-likeness (QED) is 0.386. The number of para-hydroxylation sites is 1. The Labute approximate surface area is 176 Å². The van der Waals surface area contributed by atoms with Crippen LogP contribution in [0.3, 0.4) is 0 Å². The predicted molar refractivity (Wildman–Crippen MR) is 99.9 cm³/mol. The van der Waals surface area contributed by atoms with Gasteiger partial charge < -0.3 is 15.2 Å². The molecule has 0 aliphatic heterocycles. The third kappa shape index (κ3) is 13.4. The molecule has 0 saturated heterocycles. The van der Waals surface area contributed by atoms with Gasteiger partial charge in [0.1, 0.15) is 0 Å².